The molecule has 4 nitrogen and oxygen atoms in total. The molecule has 0 spiro atoms. The topological polar surface area (TPSA) is 64.4 Å². The normalized spacial score (nSPS) is 13.0. The van der Waals surface area contributed by atoms with Crippen molar-refractivity contribution < 1.29 is 22.7 Å². The van der Waals surface area contributed by atoms with Crippen LogP contribution in [0.4, 0.5) is 13.2 Å². The summed E-state index contributed by atoms with van der Waals surface area (Å²) in [7, 11) is 0. The van der Waals surface area contributed by atoms with Crippen LogP contribution in [0.5, 0.6) is 5.75 Å². The zero-order valence-electron chi connectivity index (χ0n) is 13.9. The van der Waals surface area contributed by atoms with Gasteiger partial charge >= 0.3 is 6.18 Å². The first kappa shape index (κ1) is 20.6. The molecule has 0 aliphatic rings. The number of nitrogens with one attached hydrogen (secondary N) is 1. The Hall–Kier alpha value is -1.41. The minimum atomic E-state index is -4.53. The second-order valence-electron chi connectivity index (χ2n) is 5.59. The Morgan fingerprint density at radius 2 is 2.04 bits per heavy atom. The second kappa shape index (κ2) is 9.17. The molecule has 1 aromatic rings. The van der Waals surface area contributed by atoms with Crippen LogP contribution in [0.15, 0.2) is 18.2 Å². The summed E-state index contributed by atoms with van der Waals surface area (Å²) in [5, 5.41) is 2.47. The average Bonchev–Trinajstić information content (AvgIpc) is 2.49. The summed E-state index contributed by atoms with van der Waals surface area (Å²) >= 11 is 1.55. The number of benzene rings is 1. The van der Waals surface area contributed by atoms with Gasteiger partial charge in [0.05, 0.1) is 17.7 Å². The van der Waals surface area contributed by atoms with Crippen molar-refractivity contribution >= 4 is 17.7 Å². The number of amides is 1. The van der Waals surface area contributed by atoms with Gasteiger partial charge in [-0.25, -0.2) is 0 Å². The van der Waals surface area contributed by atoms with Crippen molar-refractivity contribution in [1.29, 1.82) is 0 Å². The molecule has 0 heterocycles. The first-order chi connectivity index (χ1) is 11.1. The molecule has 0 bridgehead atoms. The first-order valence-corrected chi connectivity index (χ1v) is 8.93. The summed E-state index contributed by atoms with van der Waals surface area (Å²) in [6.07, 6.45) is -2.40. The van der Waals surface area contributed by atoms with Crippen molar-refractivity contribution in [2.24, 2.45) is 5.73 Å². The summed E-state index contributed by atoms with van der Waals surface area (Å²) in [5.74, 6) is 0.396. The molecule has 1 aromatic carbocycles. The fraction of sp³-hybridized carbons (Fsp3) is 0.562. The van der Waals surface area contributed by atoms with Crippen LogP contribution in [0.3, 0.4) is 0 Å². The molecule has 0 unspecified atom stereocenters. The van der Waals surface area contributed by atoms with E-state index in [2.05, 4.69) is 5.32 Å². The lowest BCUT2D eigenvalue weighted by molar-refractivity contribution is -0.138. The predicted octanol–water partition coefficient (Wildman–Crippen LogP) is 3.19. The van der Waals surface area contributed by atoms with Crippen molar-refractivity contribution in [3.63, 3.8) is 0 Å². The van der Waals surface area contributed by atoms with Gasteiger partial charge in [-0.2, -0.15) is 24.9 Å². The molecule has 0 radical (unpaired) electrons. The Kier molecular flexibility index (Phi) is 7.89. The van der Waals surface area contributed by atoms with Crippen LogP contribution in [0.25, 0.3) is 0 Å². The predicted molar refractivity (Wildman–Crippen MR) is 90.0 cm³/mol. The van der Waals surface area contributed by atoms with E-state index in [0.717, 1.165) is 6.07 Å². The second-order valence-corrected chi connectivity index (χ2v) is 6.57. The molecule has 3 N–H and O–H groups in total. The van der Waals surface area contributed by atoms with E-state index in [-0.39, 0.29) is 24.0 Å². The zero-order valence-corrected chi connectivity index (χ0v) is 14.8. The summed E-state index contributed by atoms with van der Waals surface area (Å²) in [5.41, 5.74) is 4.86. The van der Waals surface area contributed by atoms with Crippen LogP contribution in [0.1, 0.15) is 31.4 Å². The molecule has 24 heavy (non-hydrogen) atoms. The standard InChI is InChI=1S/C16H23F3N2O2S/c1-10(2)23-12-5-4-11(13(8-12)16(17,18)19)9-21-15(22)14(20)6-7-24-3/h4-5,8,10,14H,6-7,9,20H2,1-3H3,(H,21,22)/t14-/m0/s1. The molecule has 1 atom stereocenters. The highest BCUT2D eigenvalue weighted by atomic mass is 32.2. The number of halogens is 3. The molecular formula is C16H23F3N2O2S. The van der Waals surface area contributed by atoms with Crippen molar-refractivity contribution in [2.75, 3.05) is 12.0 Å². The number of alkyl halides is 3. The van der Waals surface area contributed by atoms with E-state index >= 15 is 0 Å². The smallest absolute Gasteiger partial charge is 0.416 e. The molecule has 1 rings (SSSR count). The maximum absolute atomic E-state index is 13.2. The Labute approximate surface area is 144 Å². The summed E-state index contributed by atoms with van der Waals surface area (Å²) in [6, 6.07) is 3.00. The van der Waals surface area contributed by atoms with Crippen LogP contribution in [0.2, 0.25) is 0 Å². The number of hydrogen-bond acceptors (Lipinski definition) is 4. The quantitative estimate of drug-likeness (QED) is 0.744. The lowest BCUT2D eigenvalue weighted by Crippen LogP contribution is -2.40. The van der Waals surface area contributed by atoms with E-state index in [1.165, 1.54) is 12.1 Å². The van der Waals surface area contributed by atoms with Gasteiger partial charge in [0, 0.05) is 6.54 Å². The highest BCUT2D eigenvalue weighted by molar-refractivity contribution is 7.98. The number of carbonyl (C=O) groups excluding carboxylic acids is 1. The third-order valence-corrected chi connectivity index (χ3v) is 3.83. The number of carbonyl (C=O) groups is 1. The molecule has 0 aliphatic heterocycles. The monoisotopic (exact) mass is 364 g/mol. The van der Waals surface area contributed by atoms with Crippen molar-refractivity contribution in [3.8, 4) is 5.75 Å². The van der Waals surface area contributed by atoms with E-state index in [1.54, 1.807) is 25.6 Å². The summed E-state index contributed by atoms with van der Waals surface area (Å²) < 4.78 is 45.0. The lowest BCUT2D eigenvalue weighted by Gasteiger charge is -2.17. The average molecular weight is 364 g/mol. The van der Waals surface area contributed by atoms with Gasteiger partial charge in [-0.15, -0.1) is 0 Å². The van der Waals surface area contributed by atoms with Crippen molar-refractivity contribution in [2.45, 2.75) is 45.1 Å². The number of rotatable bonds is 8. The van der Waals surface area contributed by atoms with E-state index < -0.39 is 23.7 Å². The van der Waals surface area contributed by atoms with Gasteiger partial charge in [0.25, 0.3) is 0 Å². The van der Waals surface area contributed by atoms with Crippen LogP contribution >= 0.6 is 11.8 Å². The highest BCUT2D eigenvalue weighted by Crippen LogP contribution is 2.34. The summed E-state index contributed by atoms with van der Waals surface area (Å²) in [4.78, 5) is 11.8. The maximum atomic E-state index is 13.2. The van der Waals surface area contributed by atoms with Gasteiger partial charge in [0.15, 0.2) is 0 Å². The van der Waals surface area contributed by atoms with Crippen LogP contribution < -0.4 is 15.8 Å². The molecule has 0 aromatic heterocycles. The fourth-order valence-electron chi connectivity index (χ4n) is 2.01. The van der Waals surface area contributed by atoms with Gasteiger partial charge in [-0.05, 0) is 50.0 Å². The van der Waals surface area contributed by atoms with Crippen LogP contribution in [-0.2, 0) is 17.5 Å². The van der Waals surface area contributed by atoms with E-state index in [0.29, 0.717) is 12.2 Å². The number of nitrogens with two attached hydrogens (primary N) is 1. The summed E-state index contributed by atoms with van der Waals surface area (Å²) in [6.45, 7) is 3.23. The van der Waals surface area contributed by atoms with Gasteiger partial charge in [-0.1, -0.05) is 6.07 Å². The molecule has 0 saturated heterocycles. The third kappa shape index (κ3) is 6.60. The zero-order chi connectivity index (χ0) is 18.3. The fourth-order valence-corrected chi connectivity index (χ4v) is 2.50. The number of hydrogen-bond donors (Lipinski definition) is 2. The van der Waals surface area contributed by atoms with Gasteiger partial charge < -0.3 is 15.8 Å². The molecule has 0 aliphatic carbocycles. The van der Waals surface area contributed by atoms with Crippen molar-refractivity contribution in [1.82, 2.24) is 5.32 Å². The Balaban J connectivity index is 2.85. The minimum absolute atomic E-state index is 0.0241. The molecular weight excluding hydrogens is 341 g/mol. The molecule has 136 valence electrons. The van der Waals surface area contributed by atoms with Crippen LogP contribution in [-0.4, -0.2) is 30.1 Å². The van der Waals surface area contributed by atoms with Crippen LogP contribution in [0, 0.1) is 0 Å². The minimum Gasteiger partial charge on any atom is -0.491 e. The number of thioether (sulfide) groups is 1. The Bertz CT molecular complexity index is 551. The van der Waals surface area contributed by atoms with Crippen molar-refractivity contribution in [3.05, 3.63) is 29.3 Å². The molecule has 0 fully saturated rings. The molecule has 8 heteroatoms. The van der Waals surface area contributed by atoms with Gasteiger partial charge in [0.1, 0.15) is 5.75 Å². The van der Waals surface area contributed by atoms with E-state index in [4.69, 9.17) is 10.5 Å². The van der Waals surface area contributed by atoms with E-state index in [9.17, 15) is 18.0 Å². The lowest BCUT2D eigenvalue weighted by atomic mass is 10.1. The first-order valence-electron chi connectivity index (χ1n) is 7.54. The molecule has 0 saturated carbocycles. The number of ether oxygens (including phenoxy) is 1. The van der Waals surface area contributed by atoms with Gasteiger partial charge in [0.2, 0.25) is 5.91 Å². The Morgan fingerprint density at radius 3 is 2.58 bits per heavy atom. The molecule has 1 amide bonds. The third-order valence-electron chi connectivity index (χ3n) is 3.18. The maximum Gasteiger partial charge on any atom is 0.416 e. The largest absolute Gasteiger partial charge is 0.491 e. The highest BCUT2D eigenvalue weighted by Gasteiger charge is 2.34. The SMILES string of the molecule is CSCC[C@H](N)C(=O)NCc1ccc(OC(C)C)cc1C(F)(F)F. The Morgan fingerprint density at radius 1 is 1.38 bits per heavy atom. The van der Waals surface area contributed by atoms with Gasteiger partial charge in [-0.3, -0.25) is 4.79 Å². The van der Waals surface area contributed by atoms with E-state index in [1.807, 2.05) is 6.26 Å².